The highest BCUT2D eigenvalue weighted by atomic mass is 16.5. The van der Waals surface area contributed by atoms with E-state index in [2.05, 4.69) is 77.0 Å². The Bertz CT molecular complexity index is 4520. The van der Waals surface area contributed by atoms with Crippen molar-refractivity contribution in [1.82, 2.24) is 63.8 Å². The molecular weight excluding hydrogens is 1720 g/mol. The number of alkyl carbamates (subject to hydrolysis) is 1. The molecule has 40 heteroatoms. The minimum Gasteiger partial charge on any atom is -0.481 e. The zero-order chi connectivity index (χ0) is 99.3. The summed E-state index contributed by atoms with van der Waals surface area (Å²) < 4.78 is 5.82. The molecule has 0 fully saturated rings. The quantitative estimate of drug-likeness (QED) is 0.0166. The highest BCUT2D eigenvalue weighted by Gasteiger charge is 2.41. The van der Waals surface area contributed by atoms with E-state index >= 15 is 0 Å². The molecule has 1 aliphatic rings. The third kappa shape index (κ3) is 39.1. The number of nitrogens with two attached hydrogens (primary N) is 3. The Balaban J connectivity index is 1.48. The molecule has 1 aliphatic carbocycles. The van der Waals surface area contributed by atoms with Gasteiger partial charge >= 0.3 is 18.0 Å². The number of amides is 11. The van der Waals surface area contributed by atoms with Gasteiger partial charge in [0.1, 0.15) is 36.8 Å². The Hall–Kier alpha value is -13.1. The molecule has 730 valence electrons. The van der Waals surface area contributed by atoms with Crippen LogP contribution < -0.4 is 81.0 Å². The van der Waals surface area contributed by atoms with Gasteiger partial charge in [0.2, 0.25) is 59.1 Å². The van der Waals surface area contributed by atoms with E-state index in [4.69, 9.17) is 32.8 Å². The van der Waals surface area contributed by atoms with Crippen LogP contribution in [0.2, 0.25) is 0 Å². The van der Waals surface area contributed by atoms with Crippen molar-refractivity contribution in [2.75, 3.05) is 39.5 Å². The molecule has 40 nitrogen and oxygen atoms in total. The maximum atomic E-state index is 14.8. The molecule has 0 radical (unpaired) electrons. The van der Waals surface area contributed by atoms with Crippen molar-refractivity contribution in [2.24, 2.45) is 64.5 Å². The molecule has 0 spiro atoms. The predicted octanol–water partition coefficient (Wildman–Crippen LogP) is 2.06. The van der Waals surface area contributed by atoms with Gasteiger partial charge in [-0.1, -0.05) is 153 Å². The Labute approximate surface area is 774 Å². The molecule has 0 saturated carbocycles. The van der Waals surface area contributed by atoms with Crippen LogP contribution in [0.1, 0.15) is 194 Å². The largest absolute Gasteiger partial charge is 0.481 e. The zero-order valence-electron chi connectivity index (χ0n) is 76.9. The molecule has 1 unspecified atom stereocenters. The number of carbonyl (C=O) groups is 18. The fourth-order valence-corrected chi connectivity index (χ4v) is 15.0. The standard InChI is InChI=1S/C93H135N17O23/c1-11-23-66(73(114)35-37-78(119)102-72(90(130)131)42-55-25-15-14-16-26-55)103-83(123)57(48-111)43-59(113)47-101-86(126)69(34-38-79(120)121)107-89(129)80(53(8)9)109-84(124)58(49-112)45-74(115)67(32-22-40-100-92(97)98)104-87(127)68(24-12-2)106-88(128)70(33-36-77(94)118)105-85(125)64(52(6)7)46-76(117)81(54(10)13-3)110-82(122)56(27-21-39-99-91(95)96)44-75(116)71(41-51(4)5)108-93(132)133-50-65-62-30-19-17-28-60(62)61-29-18-20-31-63(61)65/h11-12,14-20,25-26,28-31,51-54,56-58,64-72,80-81,111-112H,1-2,13,21-24,27,32-50H2,3-10H3,(H2,94,118)(H,101,126)(H,102,119)(H,103,123)(H,104,127)(H,105,125)(H,106,128)(H,107,129)(H,108,132)(H,109,124)(H,110,122)(H,120,121)(H,130,131)(H4,95,96,99)(H4,97,98,100)/t54?,56-,57-,58+,64+,66-,67+,68+,69-,70+,71+,72-,80+,81+/m0/s1. The second-order valence-electron chi connectivity index (χ2n) is 34.4. The minimum atomic E-state index is -1.72. The van der Waals surface area contributed by atoms with Gasteiger partial charge in [0.05, 0.1) is 55.8 Å². The first-order chi connectivity index (χ1) is 63.0. The van der Waals surface area contributed by atoms with E-state index in [1.54, 1.807) is 58.0 Å². The SMILES string of the molecule is C=CC[C@H](NC(=O)[C@H](CO)CC(=O)CNC(=O)[C@H](CCC(=O)O)NC(=O)[C@H](NC(=O)[C@@H](CO)CC(=O)[C@@H](CCCNC(=N)N)NC(=O)[C@@H](CC=C)NC(=O)[C@@H](CCC(N)=O)NC(=O)[C@H](CC(=O)[C@H](NC(=O)[C@@H](CCCNC(=N)N)CC(=O)[C@@H](CC(C)C)NC(=O)OCC1c2ccccc2-c2ccccc21)C(C)CC)C(C)C)C(C)C)C(=O)CCC(=O)N[C@@H](Cc1ccccc1)C(=O)O. The summed E-state index contributed by atoms with van der Waals surface area (Å²) in [6.07, 6.45) is -3.98. The molecule has 0 aromatic heterocycles. The van der Waals surface area contributed by atoms with Gasteiger partial charge in [-0.25, -0.2) is 9.59 Å². The second kappa shape index (κ2) is 57.9. The number of guanidine groups is 2. The molecule has 0 aliphatic heterocycles. The molecule has 4 rings (SSSR count). The van der Waals surface area contributed by atoms with Gasteiger partial charge in [-0.15, -0.1) is 13.2 Å². The number of ketones is 5. The topological polar surface area (TPSA) is 668 Å². The van der Waals surface area contributed by atoms with Gasteiger partial charge in [0.25, 0.3) is 0 Å². The zero-order valence-corrected chi connectivity index (χ0v) is 76.9. The van der Waals surface area contributed by atoms with Crippen molar-refractivity contribution < 1.29 is 111 Å². The summed E-state index contributed by atoms with van der Waals surface area (Å²) in [6, 6.07) is 11.0. The summed E-state index contributed by atoms with van der Waals surface area (Å²) in [5.41, 5.74) is 21.3. The monoisotopic (exact) mass is 1860 g/mol. The molecule has 24 N–H and O–H groups in total. The molecule has 0 saturated heterocycles. The van der Waals surface area contributed by atoms with Crippen molar-refractivity contribution in [2.45, 2.75) is 238 Å². The van der Waals surface area contributed by atoms with Crippen LogP contribution in [-0.4, -0.2) is 232 Å². The van der Waals surface area contributed by atoms with Crippen molar-refractivity contribution in [3.63, 3.8) is 0 Å². The number of Topliss-reactive ketones (excluding diaryl/α,β-unsaturated/α-hetero) is 5. The molecule has 3 aromatic carbocycles. The summed E-state index contributed by atoms with van der Waals surface area (Å²) >= 11 is 0. The van der Waals surface area contributed by atoms with Crippen molar-refractivity contribution in [3.05, 3.63) is 121 Å². The Morgan fingerprint density at radius 2 is 0.955 bits per heavy atom. The number of ether oxygens (including phenoxy) is 1. The maximum absolute atomic E-state index is 14.8. The molecule has 0 heterocycles. The van der Waals surface area contributed by atoms with Crippen LogP contribution in [-0.2, 0) is 92.7 Å². The van der Waals surface area contributed by atoms with Crippen LogP contribution in [0.3, 0.4) is 0 Å². The summed E-state index contributed by atoms with van der Waals surface area (Å²) in [5.74, 6) is -24.6. The normalized spacial score (nSPS) is 14.7. The molecule has 11 amide bonds. The average Bonchev–Trinajstić information content (AvgIpc) is 1.61. The predicted molar refractivity (Wildman–Crippen MR) is 491 cm³/mol. The van der Waals surface area contributed by atoms with E-state index in [0.29, 0.717) is 12.0 Å². The van der Waals surface area contributed by atoms with Gasteiger partial charge < -0.3 is 106 Å². The number of carbonyl (C=O) groups excluding carboxylic acids is 16. The fraction of sp³-hybridized carbons (Fsp3) is 0.548. The number of benzene rings is 3. The number of aliphatic hydroxyl groups excluding tert-OH is 2. The van der Waals surface area contributed by atoms with Crippen LogP contribution in [0.25, 0.3) is 11.1 Å². The number of carboxylic acids is 2. The Morgan fingerprint density at radius 1 is 0.459 bits per heavy atom. The van der Waals surface area contributed by atoms with Crippen molar-refractivity contribution in [3.8, 4) is 11.1 Å². The van der Waals surface area contributed by atoms with Crippen LogP contribution >= 0.6 is 0 Å². The smallest absolute Gasteiger partial charge is 0.407 e. The highest BCUT2D eigenvalue weighted by molar-refractivity contribution is 6.01. The van der Waals surface area contributed by atoms with Crippen LogP contribution in [0, 0.1) is 58.2 Å². The number of primary amides is 1. The lowest BCUT2D eigenvalue weighted by atomic mass is 9.84. The van der Waals surface area contributed by atoms with Gasteiger partial charge in [-0.3, -0.25) is 87.5 Å². The molecule has 133 heavy (non-hydrogen) atoms. The fourth-order valence-electron chi connectivity index (χ4n) is 15.0. The minimum absolute atomic E-state index is 0.00839. The first kappa shape index (κ1) is 112. The van der Waals surface area contributed by atoms with Crippen molar-refractivity contribution in [1.29, 1.82) is 10.8 Å². The van der Waals surface area contributed by atoms with E-state index in [9.17, 15) is 107 Å². The maximum Gasteiger partial charge on any atom is 0.407 e. The highest BCUT2D eigenvalue weighted by Crippen LogP contribution is 2.44. The summed E-state index contributed by atoms with van der Waals surface area (Å²) in [7, 11) is 0. The van der Waals surface area contributed by atoms with Crippen LogP contribution in [0.5, 0.6) is 0 Å². The van der Waals surface area contributed by atoms with E-state index < -0.39 is 292 Å². The van der Waals surface area contributed by atoms with Crippen LogP contribution in [0.4, 0.5) is 4.79 Å². The van der Waals surface area contributed by atoms with Crippen molar-refractivity contribution >= 4 is 118 Å². The number of rotatable bonds is 65. The van der Waals surface area contributed by atoms with Gasteiger partial charge in [-0.2, -0.15) is 0 Å². The van der Waals surface area contributed by atoms with E-state index in [0.717, 1.165) is 22.3 Å². The average molecular weight is 1860 g/mol. The number of aliphatic carboxylic acids is 2. The lowest BCUT2D eigenvalue weighted by Gasteiger charge is -2.29. The first-order valence-corrected chi connectivity index (χ1v) is 44.8. The number of nitrogens with one attached hydrogen (secondary N) is 14. The lowest BCUT2D eigenvalue weighted by molar-refractivity contribution is -0.142. The first-order valence-electron chi connectivity index (χ1n) is 44.8. The number of fused-ring (bicyclic) bond motifs is 3. The summed E-state index contributed by atoms with van der Waals surface area (Å²) in [4.78, 5) is 247. The number of hydrogen-bond donors (Lipinski definition) is 21. The second-order valence-corrected chi connectivity index (χ2v) is 34.4. The molecule has 14 atom stereocenters. The van der Waals surface area contributed by atoms with Gasteiger partial charge in [0, 0.05) is 88.6 Å². The van der Waals surface area contributed by atoms with Gasteiger partial charge in [-0.05, 0) is 109 Å². The third-order valence-corrected chi connectivity index (χ3v) is 22.8. The number of aliphatic hydroxyl groups is 2. The summed E-state index contributed by atoms with van der Waals surface area (Å²) in [6.45, 7) is 17.9. The van der Waals surface area contributed by atoms with Crippen LogP contribution in [0.15, 0.2) is 104 Å². The molecule has 0 bridgehead atoms. The number of hydrogen-bond acceptors (Lipinski definition) is 23. The lowest BCUT2D eigenvalue weighted by Crippen LogP contribution is -2.57. The van der Waals surface area contributed by atoms with Gasteiger partial charge in [0.15, 0.2) is 40.8 Å². The Kier molecular flexibility index (Phi) is 48.8. The molecular formula is C93H135N17O23. The van der Waals surface area contributed by atoms with E-state index in [1.807, 2.05) is 62.4 Å². The Morgan fingerprint density at radius 3 is 1.50 bits per heavy atom. The van der Waals surface area contributed by atoms with E-state index in [1.165, 1.54) is 26.0 Å². The number of carboxylic acid groups (broad SMARTS) is 2. The third-order valence-electron chi connectivity index (χ3n) is 22.8. The van der Waals surface area contributed by atoms with E-state index in [-0.39, 0.29) is 88.9 Å². The molecule has 3 aromatic rings. The summed E-state index contributed by atoms with van der Waals surface area (Å²) in [5, 5.41) is 86.1.